The van der Waals surface area contributed by atoms with Gasteiger partial charge in [0.15, 0.2) is 0 Å². The number of hydrogen-bond donors (Lipinski definition) is 3. The van der Waals surface area contributed by atoms with E-state index in [9.17, 15) is 14.7 Å². The average molecular weight is 548 g/mol. The van der Waals surface area contributed by atoms with Crippen LogP contribution in [0.15, 0.2) is 29.0 Å². The number of aromatic nitrogens is 3. The summed E-state index contributed by atoms with van der Waals surface area (Å²) >= 11 is 3.27. The van der Waals surface area contributed by atoms with Gasteiger partial charge in [0.1, 0.15) is 11.9 Å². The van der Waals surface area contributed by atoms with Gasteiger partial charge in [-0.2, -0.15) is 0 Å². The number of unbranched alkanes of at least 4 members (excludes halogenated alkanes) is 1. The molecule has 3 heterocycles. The number of nitrogens with zero attached hydrogens (tertiary/aromatic N) is 5. The molecule has 0 saturated heterocycles. The van der Waals surface area contributed by atoms with E-state index < -0.39 is 12.0 Å². The molecule has 3 rings (SSSR count). The summed E-state index contributed by atoms with van der Waals surface area (Å²) < 4.78 is 0.713. The highest BCUT2D eigenvalue weighted by molar-refractivity contribution is 9.10. The molecule has 1 amide bonds. The molecule has 0 aromatic carbocycles. The second-order valence-electron chi connectivity index (χ2n) is 8.91. The molecule has 3 N–H and O–H groups in total. The Morgan fingerprint density at radius 3 is 2.69 bits per heavy atom. The Balaban J connectivity index is 1.52. The van der Waals surface area contributed by atoms with Crippen LogP contribution in [0.25, 0.3) is 0 Å². The quantitative estimate of drug-likeness (QED) is 0.324. The number of amides is 1. The largest absolute Gasteiger partial charge is 0.480 e. The molecule has 1 unspecified atom stereocenters. The molecule has 10 nitrogen and oxygen atoms in total. The molecular formula is C24H34BrN7O3. The zero-order valence-electron chi connectivity index (χ0n) is 20.3. The molecule has 35 heavy (non-hydrogen) atoms. The predicted molar refractivity (Wildman–Crippen MR) is 139 cm³/mol. The lowest BCUT2D eigenvalue weighted by Crippen LogP contribution is -2.40. The van der Waals surface area contributed by atoms with Gasteiger partial charge in [0.25, 0.3) is 0 Å². The first-order chi connectivity index (χ1) is 16.8. The maximum atomic E-state index is 12.4. The summed E-state index contributed by atoms with van der Waals surface area (Å²) in [6, 6.07) is 3.41. The van der Waals surface area contributed by atoms with Crippen LogP contribution in [0.4, 0.5) is 11.8 Å². The summed E-state index contributed by atoms with van der Waals surface area (Å²) in [7, 11) is 3.45. The van der Waals surface area contributed by atoms with Gasteiger partial charge in [0.05, 0.1) is 11.0 Å². The summed E-state index contributed by atoms with van der Waals surface area (Å²) in [5, 5.41) is 15.9. The van der Waals surface area contributed by atoms with E-state index in [1.807, 2.05) is 4.90 Å². The number of anilines is 2. The van der Waals surface area contributed by atoms with Gasteiger partial charge in [-0.1, -0.05) is 6.07 Å². The van der Waals surface area contributed by atoms with E-state index in [4.69, 9.17) is 4.98 Å². The molecule has 190 valence electrons. The van der Waals surface area contributed by atoms with Crippen LogP contribution in [0.3, 0.4) is 0 Å². The Hall–Kier alpha value is -2.79. The number of pyridine rings is 1. The van der Waals surface area contributed by atoms with Crippen LogP contribution in [0, 0.1) is 0 Å². The van der Waals surface area contributed by atoms with Crippen molar-refractivity contribution in [1.29, 1.82) is 0 Å². The first kappa shape index (κ1) is 26.8. The standard InChI is InChI=1S/C24H34BrN7O3/c1-31(2)21(33)16-32(13-10-20(23(34)35)30-24-27-14-18(25)15-28-24)12-4-3-7-19-9-8-17-6-5-11-26-22(17)29-19/h8-9,14-15,20H,3-7,10-13,16H2,1-2H3,(H,26,29)(H,34,35)(H,27,28,30). The number of carbonyl (C=O) groups is 2. The number of hydrogen-bond acceptors (Lipinski definition) is 8. The molecule has 0 aliphatic carbocycles. The van der Waals surface area contributed by atoms with E-state index in [2.05, 4.69) is 48.7 Å². The van der Waals surface area contributed by atoms with E-state index in [0.29, 0.717) is 24.0 Å². The van der Waals surface area contributed by atoms with Gasteiger partial charge in [-0.15, -0.1) is 0 Å². The van der Waals surface area contributed by atoms with Crippen LogP contribution >= 0.6 is 15.9 Å². The van der Waals surface area contributed by atoms with Crippen LogP contribution in [-0.4, -0.2) is 88.1 Å². The van der Waals surface area contributed by atoms with Gasteiger partial charge in [-0.05, 0) is 72.6 Å². The topological polar surface area (TPSA) is 124 Å². The molecule has 0 radical (unpaired) electrons. The highest BCUT2D eigenvalue weighted by Crippen LogP contribution is 2.20. The first-order valence-corrected chi connectivity index (χ1v) is 12.7. The number of carboxylic acid groups (broad SMARTS) is 1. The van der Waals surface area contributed by atoms with E-state index in [0.717, 1.165) is 50.2 Å². The first-order valence-electron chi connectivity index (χ1n) is 11.9. The van der Waals surface area contributed by atoms with Gasteiger partial charge in [-0.3, -0.25) is 9.69 Å². The van der Waals surface area contributed by atoms with Gasteiger partial charge >= 0.3 is 5.97 Å². The van der Waals surface area contributed by atoms with Crippen LogP contribution in [0.5, 0.6) is 0 Å². The van der Waals surface area contributed by atoms with Crippen molar-refractivity contribution >= 4 is 39.6 Å². The fraction of sp³-hybridized carbons (Fsp3) is 0.542. The molecule has 0 bridgehead atoms. The summed E-state index contributed by atoms with van der Waals surface area (Å²) in [4.78, 5) is 40.7. The molecule has 0 fully saturated rings. The lowest BCUT2D eigenvalue weighted by Gasteiger charge is -2.25. The second-order valence-corrected chi connectivity index (χ2v) is 9.83. The Bertz CT molecular complexity index is 988. The monoisotopic (exact) mass is 547 g/mol. The zero-order chi connectivity index (χ0) is 25.2. The zero-order valence-corrected chi connectivity index (χ0v) is 21.9. The molecule has 1 aliphatic rings. The van der Waals surface area contributed by atoms with Crippen molar-refractivity contribution in [1.82, 2.24) is 24.8 Å². The Morgan fingerprint density at radius 2 is 1.97 bits per heavy atom. The minimum Gasteiger partial charge on any atom is -0.480 e. The van der Waals surface area contributed by atoms with Crippen molar-refractivity contribution in [3.05, 3.63) is 40.3 Å². The van der Waals surface area contributed by atoms with Crippen molar-refractivity contribution < 1.29 is 14.7 Å². The van der Waals surface area contributed by atoms with Crippen molar-refractivity contribution in [3.63, 3.8) is 0 Å². The summed E-state index contributed by atoms with van der Waals surface area (Å²) in [5.74, 6) is 0.267. The summed E-state index contributed by atoms with van der Waals surface area (Å²) in [6.07, 6.45) is 8.33. The predicted octanol–water partition coefficient (Wildman–Crippen LogP) is 2.66. The number of rotatable bonds is 13. The number of aliphatic carboxylic acids is 1. The number of nitrogens with one attached hydrogen (secondary N) is 2. The normalized spacial score (nSPS) is 13.6. The van der Waals surface area contributed by atoms with Crippen LogP contribution in [-0.2, 0) is 22.4 Å². The molecule has 2 aromatic heterocycles. The van der Waals surface area contributed by atoms with Gasteiger partial charge in [0, 0.05) is 45.3 Å². The molecule has 1 atom stereocenters. The SMILES string of the molecule is CN(C)C(=O)CN(CCCCc1ccc2c(n1)NCCC2)CCC(Nc1ncc(Br)cn1)C(=O)O. The van der Waals surface area contributed by atoms with Crippen LogP contribution in [0.1, 0.15) is 36.9 Å². The number of fused-ring (bicyclic) bond motifs is 1. The Labute approximate surface area is 214 Å². The van der Waals surface area contributed by atoms with E-state index >= 15 is 0 Å². The van der Waals surface area contributed by atoms with Gasteiger partial charge in [0.2, 0.25) is 11.9 Å². The highest BCUT2D eigenvalue weighted by Gasteiger charge is 2.21. The number of carboxylic acids is 1. The van der Waals surface area contributed by atoms with Gasteiger partial charge < -0.3 is 20.6 Å². The smallest absolute Gasteiger partial charge is 0.326 e. The summed E-state index contributed by atoms with van der Waals surface area (Å²) in [6.45, 7) is 2.37. The maximum absolute atomic E-state index is 12.4. The molecular weight excluding hydrogens is 514 g/mol. The number of halogens is 1. The minimum atomic E-state index is -0.984. The third-order valence-electron chi connectivity index (χ3n) is 5.92. The number of likely N-dealkylation sites (N-methyl/N-ethyl adjacent to an activating group) is 1. The minimum absolute atomic E-state index is 0.0106. The van der Waals surface area contributed by atoms with Crippen molar-refractivity contribution in [2.75, 3.05) is 50.9 Å². The molecule has 0 saturated carbocycles. The third-order valence-corrected chi connectivity index (χ3v) is 6.33. The lowest BCUT2D eigenvalue weighted by atomic mass is 10.1. The van der Waals surface area contributed by atoms with E-state index in [-0.39, 0.29) is 18.4 Å². The molecule has 0 spiro atoms. The van der Waals surface area contributed by atoms with Crippen molar-refractivity contribution in [2.45, 2.75) is 44.6 Å². The van der Waals surface area contributed by atoms with E-state index in [1.54, 1.807) is 31.4 Å². The second kappa shape index (κ2) is 13.3. The van der Waals surface area contributed by atoms with Crippen molar-refractivity contribution in [3.8, 4) is 0 Å². The Kier molecular flexibility index (Phi) is 10.2. The highest BCUT2D eigenvalue weighted by atomic mass is 79.9. The fourth-order valence-corrected chi connectivity index (χ4v) is 4.07. The van der Waals surface area contributed by atoms with E-state index in [1.165, 1.54) is 5.56 Å². The fourth-order valence-electron chi connectivity index (χ4n) is 3.86. The average Bonchev–Trinajstić information content (AvgIpc) is 2.84. The van der Waals surface area contributed by atoms with Gasteiger partial charge in [-0.25, -0.2) is 19.7 Å². The Morgan fingerprint density at radius 1 is 1.20 bits per heavy atom. The van der Waals surface area contributed by atoms with Crippen molar-refractivity contribution in [2.24, 2.45) is 0 Å². The molecule has 1 aliphatic heterocycles. The summed E-state index contributed by atoms with van der Waals surface area (Å²) in [5.41, 5.74) is 2.35. The number of aryl methyl sites for hydroxylation is 2. The molecule has 2 aromatic rings. The third kappa shape index (κ3) is 8.74. The van der Waals surface area contributed by atoms with Crippen LogP contribution in [0.2, 0.25) is 0 Å². The van der Waals surface area contributed by atoms with Crippen LogP contribution < -0.4 is 10.6 Å². The molecule has 11 heteroatoms. The lowest BCUT2D eigenvalue weighted by molar-refractivity contribution is -0.138. The number of carbonyl (C=O) groups excluding carboxylic acids is 1. The maximum Gasteiger partial charge on any atom is 0.326 e.